The minimum absolute atomic E-state index is 0.173. The maximum atomic E-state index is 11.8. The van der Waals surface area contributed by atoms with E-state index in [0.29, 0.717) is 11.4 Å². The van der Waals surface area contributed by atoms with Crippen molar-refractivity contribution in [3.8, 4) is 0 Å². The predicted octanol–water partition coefficient (Wildman–Crippen LogP) is 2.09. The molecule has 0 aromatic carbocycles. The van der Waals surface area contributed by atoms with Gasteiger partial charge in [0, 0.05) is 13.6 Å². The third kappa shape index (κ3) is 2.93. The molecule has 0 aliphatic heterocycles. The van der Waals surface area contributed by atoms with Crippen molar-refractivity contribution in [1.29, 1.82) is 0 Å². The number of hydrogen-bond donors (Lipinski definition) is 1. The van der Waals surface area contributed by atoms with Gasteiger partial charge in [0.15, 0.2) is 0 Å². The summed E-state index contributed by atoms with van der Waals surface area (Å²) in [6.45, 7) is 6.03. The van der Waals surface area contributed by atoms with E-state index in [0.717, 1.165) is 16.9 Å². The Balaban J connectivity index is 2.80. The molecule has 0 atom stereocenters. The Morgan fingerprint density at radius 2 is 2.00 bits per heavy atom. The van der Waals surface area contributed by atoms with Crippen LogP contribution in [-0.2, 0) is 0 Å². The normalized spacial score (nSPS) is 9.88. The maximum Gasteiger partial charge on any atom is 0.345 e. The fourth-order valence-electron chi connectivity index (χ4n) is 1.23. The molecule has 5 heteroatoms. The summed E-state index contributed by atoms with van der Waals surface area (Å²) in [5.74, 6) is -1.19. The van der Waals surface area contributed by atoms with Crippen LogP contribution in [0.5, 0.6) is 0 Å². The smallest absolute Gasteiger partial charge is 0.345 e. The molecule has 1 rings (SSSR count). The molecule has 86 valence electrons. The Morgan fingerprint density at radius 3 is 2.44 bits per heavy atom. The summed E-state index contributed by atoms with van der Waals surface area (Å²) in [7, 11) is 1.66. The highest BCUT2D eigenvalue weighted by atomic mass is 32.1. The standard InChI is InChI=1S/C11H13NO3S/c1-7(2)6-12(3)10(13)8-4-5-9(16-8)11(14)15/h4-5H,1,6H2,2-3H3,(H,14,15). The van der Waals surface area contributed by atoms with Gasteiger partial charge in [0.05, 0.1) is 4.88 Å². The highest BCUT2D eigenvalue weighted by molar-refractivity contribution is 7.15. The van der Waals surface area contributed by atoms with Crippen LogP contribution in [0.3, 0.4) is 0 Å². The predicted molar refractivity (Wildman–Crippen MR) is 63.1 cm³/mol. The lowest BCUT2D eigenvalue weighted by Crippen LogP contribution is -2.27. The van der Waals surface area contributed by atoms with Gasteiger partial charge in [0.2, 0.25) is 0 Å². The number of nitrogens with zero attached hydrogens (tertiary/aromatic N) is 1. The van der Waals surface area contributed by atoms with Gasteiger partial charge in [-0.05, 0) is 19.1 Å². The number of rotatable bonds is 4. The van der Waals surface area contributed by atoms with Crippen LogP contribution >= 0.6 is 11.3 Å². The molecule has 0 radical (unpaired) electrons. The minimum Gasteiger partial charge on any atom is -0.477 e. The molecular weight excluding hydrogens is 226 g/mol. The second-order valence-electron chi connectivity index (χ2n) is 3.59. The highest BCUT2D eigenvalue weighted by Gasteiger charge is 2.16. The van der Waals surface area contributed by atoms with Crippen molar-refractivity contribution in [2.75, 3.05) is 13.6 Å². The number of likely N-dealkylation sites (N-methyl/N-ethyl adjacent to an activating group) is 1. The average Bonchev–Trinajstić information content (AvgIpc) is 2.64. The van der Waals surface area contributed by atoms with Crippen LogP contribution < -0.4 is 0 Å². The van der Waals surface area contributed by atoms with Crippen LogP contribution in [0, 0.1) is 0 Å². The van der Waals surface area contributed by atoms with Crippen LogP contribution in [0.1, 0.15) is 26.3 Å². The average molecular weight is 239 g/mol. The second-order valence-corrected chi connectivity index (χ2v) is 4.67. The van der Waals surface area contributed by atoms with E-state index in [1.807, 2.05) is 6.92 Å². The van der Waals surface area contributed by atoms with Crippen molar-refractivity contribution in [3.63, 3.8) is 0 Å². The molecule has 1 aromatic heterocycles. The molecule has 16 heavy (non-hydrogen) atoms. The molecular formula is C11H13NO3S. The minimum atomic E-state index is -1.01. The number of amides is 1. The number of carbonyl (C=O) groups is 2. The molecule has 4 nitrogen and oxygen atoms in total. The van der Waals surface area contributed by atoms with Crippen LogP contribution in [0.25, 0.3) is 0 Å². The summed E-state index contributed by atoms with van der Waals surface area (Å²) in [4.78, 5) is 24.6. The lowest BCUT2D eigenvalue weighted by molar-refractivity contribution is 0.0701. The van der Waals surface area contributed by atoms with E-state index in [1.165, 1.54) is 17.0 Å². The monoisotopic (exact) mass is 239 g/mol. The second kappa shape index (κ2) is 4.94. The van der Waals surface area contributed by atoms with Crippen molar-refractivity contribution in [3.05, 3.63) is 34.0 Å². The lowest BCUT2D eigenvalue weighted by Gasteiger charge is -2.15. The Bertz CT molecular complexity index is 436. The first-order valence-corrected chi connectivity index (χ1v) is 5.46. The van der Waals surface area contributed by atoms with Gasteiger partial charge in [-0.1, -0.05) is 12.2 Å². The Labute approximate surface area is 97.8 Å². The lowest BCUT2D eigenvalue weighted by atomic mass is 10.3. The van der Waals surface area contributed by atoms with Crippen molar-refractivity contribution < 1.29 is 14.7 Å². The molecule has 1 aromatic rings. The van der Waals surface area contributed by atoms with Gasteiger partial charge >= 0.3 is 5.97 Å². The van der Waals surface area contributed by atoms with E-state index < -0.39 is 5.97 Å². The highest BCUT2D eigenvalue weighted by Crippen LogP contribution is 2.18. The molecule has 0 aliphatic carbocycles. The molecule has 1 N–H and O–H groups in total. The van der Waals surface area contributed by atoms with Crippen molar-refractivity contribution >= 4 is 23.2 Å². The molecule has 0 unspecified atom stereocenters. The Kier molecular flexibility index (Phi) is 3.84. The quantitative estimate of drug-likeness (QED) is 0.818. The molecule has 0 spiro atoms. The van der Waals surface area contributed by atoms with Crippen LogP contribution in [0.2, 0.25) is 0 Å². The van der Waals surface area contributed by atoms with Crippen molar-refractivity contribution in [1.82, 2.24) is 4.90 Å². The number of carbonyl (C=O) groups excluding carboxylic acids is 1. The topological polar surface area (TPSA) is 57.6 Å². The maximum absolute atomic E-state index is 11.8. The van der Waals surface area contributed by atoms with E-state index in [4.69, 9.17) is 5.11 Å². The van der Waals surface area contributed by atoms with Gasteiger partial charge < -0.3 is 10.0 Å². The zero-order valence-corrected chi connectivity index (χ0v) is 10.0. The molecule has 0 fully saturated rings. The van der Waals surface area contributed by atoms with E-state index in [9.17, 15) is 9.59 Å². The fraction of sp³-hybridized carbons (Fsp3) is 0.273. The van der Waals surface area contributed by atoms with Gasteiger partial charge in [0.1, 0.15) is 4.88 Å². The van der Waals surface area contributed by atoms with Crippen LogP contribution in [-0.4, -0.2) is 35.5 Å². The summed E-state index contributed by atoms with van der Waals surface area (Å²) < 4.78 is 0. The van der Waals surface area contributed by atoms with Gasteiger partial charge in [-0.2, -0.15) is 0 Å². The zero-order valence-electron chi connectivity index (χ0n) is 9.19. The van der Waals surface area contributed by atoms with Crippen LogP contribution in [0.15, 0.2) is 24.3 Å². The van der Waals surface area contributed by atoms with Gasteiger partial charge in [-0.3, -0.25) is 4.79 Å². The van der Waals surface area contributed by atoms with Crippen molar-refractivity contribution in [2.24, 2.45) is 0 Å². The summed E-state index contributed by atoms with van der Waals surface area (Å²) in [6.07, 6.45) is 0. The van der Waals surface area contributed by atoms with E-state index in [1.54, 1.807) is 7.05 Å². The molecule has 0 saturated heterocycles. The fourth-order valence-corrected chi connectivity index (χ4v) is 2.07. The number of aromatic carboxylic acids is 1. The molecule has 0 aliphatic rings. The molecule has 1 heterocycles. The van der Waals surface area contributed by atoms with Gasteiger partial charge in [-0.25, -0.2) is 4.79 Å². The first-order valence-electron chi connectivity index (χ1n) is 4.64. The summed E-state index contributed by atoms with van der Waals surface area (Å²) in [6, 6.07) is 2.97. The number of thiophene rings is 1. The Hall–Kier alpha value is -1.62. The third-order valence-corrected chi connectivity index (χ3v) is 2.94. The first-order chi connectivity index (χ1) is 7.41. The third-order valence-electron chi connectivity index (χ3n) is 1.88. The molecule has 0 bridgehead atoms. The summed E-state index contributed by atoms with van der Waals surface area (Å²) in [5, 5.41) is 8.74. The van der Waals surface area contributed by atoms with E-state index in [-0.39, 0.29) is 10.8 Å². The largest absolute Gasteiger partial charge is 0.477 e. The first kappa shape index (κ1) is 12.4. The van der Waals surface area contributed by atoms with Gasteiger partial charge in [0.25, 0.3) is 5.91 Å². The summed E-state index contributed by atoms with van der Waals surface area (Å²) >= 11 is 0.984. The zero-order chi connectivity index (χ0) is 12.3. The van der Waals surface area contributed by atoms with E-state index >= 15 is 0 Å². The van der Waals surface area contributed by atoms with E-state index in [2.05, 4.69) is 6.58 Å². The van der Waals surface area contributed by atoms with Gasteiger partial charge in [-0.15, -0.1) is 11.3 Å². The number of carboxylic acids is 1. The summed E-state index contributed by atoms with van der Waals surface area (Å²) in [5.41, 5.74) is 0.880. The Morgan fingerprint density at radius 1 is 1.44 bits per heavy atom. The van der Waals surface area contributed by atoms with Crippen LogP contribution in [0.4, 0.5) is 0 Å². The molecule has 1 amide bonds. The number of hydrogen-bond acceptors (Lipinski definition) is 3. The number of carboxylic acid groups (broad SMARTS) is 1. The van der Waals surface area contributed by atoms with Crippen molar-refractivity contribution in [2.45, 2.75) is 6.92 Å². The SMILES string of the molecule is C=C(C)CN(C)C(=O)c1ccc(C(=O)O)s1. The molecule has 0 saturated carbocycles.